The van der Waals surface area contributed by atoms with Crippen LogP contribution in [0.2, 0.25) is 0 Å². The molecule has 2 heterocycles. The van der Waals surface area contributed by atoms with Crippen LogP contribution < -0.4 is 0 Å². The number of allylic oxidation sites excluding steroid dienone is 1. The van der Waals surface area contributed by atoms with Crippen molar-refractivity contribution in [1.82, 2.24) is 0 Å². The molecule has 2 N–H and O–H groups in total. The predicted octanol–water partition coefficient (Wildman–Crippen LogP) is 5.45. The summed E-state index contributed by atoms with van der Waals surface area (Å²) in [5.41, 5.74) is 0.210. The molecule has 4 fully saturated rings. The molecule has 8 nitrogen and oxygen atoms in total. The Morgan fingerprint density at radius 1 is 0.978 bits per heavy atom. The Bertz CT molecular complexity index is 1530. The van der Waals surface area contributed by atoms with Gasteiger partial charge in [0.25, 0.3) is 0 Å². The molecule has 12 atom stereocenters. The van der Waals surface area contributed by atoms with E-state index in [0.29, 0.717) is 19.4 Å². The predicted molar refractivity (Wildman–Crippen MR) is 165 cm³/mol. The van der Waals surface area contributed by atoms with Crippen molar-refractivity contribution >= 4 is 18.0 Å². The van der Waals surface area contributed by atoms with E-state index in [2.05, 4.69) is 26.8 Å². The summed E-state index contributed by atoms with van der Waals surface area (Å²) in [5, 5.41) is 24.0. The highest BCUT2D eigenvalue weighted by atomic mass is 16.6. The Balaban J connectivity index is 1.33. The second-order valence-corrected chi connectivity index (χ2v) is 14.9. The number of hydrogen-bond acceptors (Lipinski definition) is 8. The number of benzene rings is 1. The van der Waals surface area contributed by atoms with E-state index in [9.17, 15) is 19.8 Å². The largest absolute Gasteiger partial charge is 0.472 e. The summed E-state index contributed by atoms with van der Waals surface area (Å²) in [6.45, 7) is 10.2. The van der Waals surface area contributed by atoms with E-state index < -0.39 is 58.1 Å². The summed E-state index contributed by atoms with van der Waals surface area (Å²) in [6.07, 6.45) is 6.85. The normalized spacial score (nSPS) is 44.9. The first-order chi connectivity index (χ1) is 21.4. The van der Waals surface area contributed by atoms with Crippen molar-refractivity contribution in [3.63, 3.8) is 0 Å². The lowest BCUT2D eigenvalue weighted by molar-refractivity contribution is -0.268. The van der Waals surface area contributed by atoms with Crippen molar-refractivity contribution in [3.05, 3.63) is 77.8 Å². The van der Waals surface area contributed by atoms with Gasteiger partial charge in [0.2, 0.25) is 0 Å². The van der Waals surface area contributed by atoms with E-state index in [4.69, 9.17) is 18.6 Å². The van der Waals surface area contributed by atoms with Gasteiger partial charge in [-0.1, -0.05) is 69.7 Å². The van der Waals surface area contributed by atoms with Gasteiger partial charge in [-0.25, -0.2) is 4.79 Å². The average molecular weight is 617 g/mol. The molecule has 7 rings (SSSR count). The van der Waals surface area contributed by atoms with Gasteiger partial charge in [0.15, 0.2) is 0 Å². The lowest BCUT2D eigenvalue weighted by Crippen LogP contribution is -2.74. The third kappa shape index (κ3) is 4.14. The minimum atomic E-state index is -0.881. The number of esters is 2. The molecule has 1 aromatic carbocycles. The number of hydrogen-bond donors (Lipinski definition) is 2. The van der Waals surface area contributed by atoms with Crippen molar-refractivity contribution in [3.8, 4) is 0 Å². The fourth-order valence-electron chi connectivity index (χ4n) is 10.8. The molecule has 0 spiro atoms. The van der Waals surface area contributed by atoms with Gasteiger partial charge in [-0.15, -0.1) is 0 Å². The lowest BCUT2D eigenvalue weighted by Gasteiger charge is -2.69. The summed E-state index contributed by atoms with van der Waals surface area (Å²) in [5.74, 6) is -1.40. The smallest absolute Gasteiger partial charge is 0.331 e. The first-order valence-corrected chi connectivity index (χ1v) is 16.2. The van der Waals surface area contributed by atoms with Crippen molar-refractivity contribution in [2.45, 2.75) is 90.3 Å². The van der Waals surface area contributed by atoms with Gasteiger partial charge in [0.1, 0.15) is 12.2 Å². The van der Waals surface area contributed by atoms with Crippen LogP contribution in [0.5, 0.6) is 0 Å². The minimum absolute atomic E-state index is 0.00852. The molecule has 5 aliphatic rings. The maximum Gasteiger partial charge on any atom is 0.331 e. The van der Waals surface area contributed by atoms with Gasteiger partial charge in [-0.2, -0.15) is 0 Å². The van der Waals surface area contributed by atoms with Crippen molar-refractivity contribution in [2.24, 2.45) is 33.5 Å². The van der Waals surface area contributed by atoms with Crippen LogP contribution in [0.25, 0.3) is 6.08 Å². The summed E-state index contributed by atoms with van der Waals surface area (Å²) in [4.78, 5) is 26.1. The van der Waals surface area contributed by atoms with E-state index in [1.165, 1.54) is 13.0 Å². The molecule has 0 radical (unpaired) electrons. The second-order valence-electron chi connectivity index (χ2n) is 14.9. The van der Waals surface area contributed by atoms with Crippen molar-refractivity contribution in [2.75, 3.05) is 6.61 Å². The Labute approximate surface area is 264 Å². The molecule has 1 aromatic heterocycles. The highest BCUT2D eigenvalue weighted by molar-refractivity contribution is 5.87. The molecule has 2 aromatic rings. The summed E-state index contributed by atoms with van der Waals surface area (Å²) in [6, 6.07) is 11.5. The van der Waals surface area contributed by atoms with Crippen LogP contribution >= 0.6 is 0 Å². The summed E-state index contributed by atoms with van der Waals surface area (Å²) < 4.78 is 24.5. The third-order valence-corrected chi connectivity index (χ3v) is 12.9. The molecule has 0 unspecified atom stereocenters. The molecule has 240 valence electrons. The Morgan fingerprint density at radius 2 is 1.73 bits per heavy atom. The number of furan rings is 1. The van der Waals surface area contributed by atoms with Gasteiger partial charge in [0.05, 0.1) is 37.4 Å². The van der Waals surface area contributed by atoms with Crippen LogP contribution in [0.15, 0.2) is 71.1 Å². The molecule has 3 saturated carbocycles. The zero-order valence-corrected chi connectivity index (χ0v) is 26.6. The van der Waals surface area contributed by atoms with Gasteiger partial charge in [-0.05, 0) is 42.0 Å². The molecule has 0 bridgehead atoms. The van der Waals surface area contributed by atoms with Crippen molar-refractivity contribution in [1.29, 1.82) is 0 Å². The molecule has 0 amide bonds. The molecular weight excluding hydrogens is 572 g/mol. The quantitative estimate of drug-likeness (QED) is 0.259. The fourth-order valence-corrected chi connectivity index (χ4v) is 10.8. The van der Waals surface area contributed by atoms with Gasteiger partial charge in [-0.3, -0.25) is 4.79 Å². The van der Waals surface area contributed by atoms with Gasteiger partial charge >= 0.3 is 11.9 Å². The van der Waals surface area contributed by atoms with E-state index in [0.717, 1.165) is 16.7 Å². The topological polar surface area (TPSA) is 115 Å². The molecule has 4 aliphatic carbocycles. The number of aliphatic hydroxyl groups is 2. The van der Waals surface area contributed by atoms with E-state index >= 15 is 0 Å². The van der Waals surface area contributed by atoms with E-state index in [-0.39, 0.29) is 30.1 Å². The lowest BCUT2D eigenvalue weighted by atomic mass is 9.36. The van der Waals surface area contributed by atoms with Crippen LogP contribution in [0.4, 0.5) is 0 Å². The minimum Gasteiger partial charge on any atom is -0.472 e. The van der Waals surface area contributed by atoms with Gasteiger partial charge < -0.3 is 28.8 Å². The number of carbonyl (C=O) groups excluding carboxylic acids is 2. The zero-order valence-electron chi connectivity index (χ0n) is 26.6. The molecule has 8 heteroatoms. The number of rotatable bonds is 5. The Kier molecular flexibility index (Phi) is 7.04. The molecule has 1 aliphatic heterocycles. The van der Waals surface area contributed by atoms with Crippen LogP contribution in [-0.4, -0.2) is 59.3 Å². The maximum atomic E-state index is 13.4. The summed E-state index contributed by atoms with van der Waals surface area (Å²) >= 11 is 0. The monoisotopic (exact) mass is 616 g/mol. The van der Waals surface area contributed by atoms with Crippen LogP contribution in [0, 0.1) is 33.5 Å². The first-order valence-electron chi connectivity index (χ1n) is 16.2. The third-order valence-electron chi connectivity index (χ3n) is 12.9. The van der Waals surface area contributed by atoms with Crippen LogP contribution in [0.3, 0.4) is 0 Å². The molecule has 1 saturated heterocycles. The van der Waals surface area contributed by atoms with Crippen LogP contribution in [0.1, 0.15) is 70.9 Å². The number of aliphatic hydroxyl groups excluding tert-OH is 2. The fraction of sp³-hybridized carbons (Fsp3) is 0.568. The van der Waals surface area contributed by atoms with Gasteiger partial charge in [0, 0.05) is 52.9 Å². The Morgan fingerprint density at radius 3 is 2.42 bits per heavy atom. The maximum absolute atomic E-state index is 13.4. The van der Waals surface area contributed by atoms with E-state index in [1.54, 1.807) is 18.6 Å². The highest BCUT2D eigenvalue weighted by Crippen LogP contribution is 2.75. The average Bonchev–Trinajstić information content (AvgIpc) is 3.74. The second kappa shape index (κ2) is 10.4. The Hall–Kier alpha value is -3.20. The molecule has 45 heavy (non-hydrogen) atoms. The zero-order chi connectivity index (χ0) is 31.9. The first kappa shape index (κ1) is 30.5. The SMILES string of the molecule is CC(=O)O[C@@H]1C[C@@H]2[C@@](C)(C3=CC[C@H](c4ccoc4)[C@]31C)[C@@H](O)[C@H]1OC[C@]3(C)[C@@H]1[C@@]2(C)[C@H](OC(=O)/C=C/c1ccccc1)C[C@@H]3O. The number of carbonyl (C=O) groups is 2. The van der Waals surface area contributed by atoms with Crippen molar-refractivity contribution < 1.29 is 38.4 Å². The van der Waals surface area contributed by atoms with Crippen LogP contribution in [-0.2, 0) is 23.8 Å². The number of ether oxygens (including phenoxy) is 3. The highest BCUT2D eigenvalue weighted by Gasteiger charge is 2.78. The summed E-state index contributed by atoms with van der Waals surface area (Å²) in [7, 11) is 0. The van der Waals surface area contributed by atoms with E-state index in [1.807, 2.05) is 43.3 Å². The molecular formula is C37H44O8. The standard InChI is InChI=1S/C37H44O8/c1-21(38)44-28-17-26-36(4,25-13-12-24(35(25,28)3)23-15-16-42-19-23)33(41)31-32-34(2,20-43-31)27(39)18-29(37(26,32)5)45-30(40)14-11-22-9-7-6-8-10-22/h6-11,13-16,19,24,26-29,31-33,39,41H,12,17-18,20H2,1-5H3/b14-11+/t24-,26-,27+,28-,29-,31+,32-,33+,34+,35-,36-,37-/m1/s1. The number of fused-ring (bicyclic) bond motifs is 4.